The molecule has 10 nitrogen and oxygen atoms in total. The molecule has 4 atom stereocenters. The van der Waals surface area contributed by atoms with E-state index in [-0.39, 0.29) is 17.9 Å². The lowest BCUT2D eigenvalue weighted by Crippen LogP contribution is -2.58. The zero-order valence-corrected chi connectivity index (χ0v) is 17.8. The van der Waals surface area contributed by atoms with Gasteiger partial charge in [0.1, 0.15) is 18.1 Å². The molecule has 7 N–H and O–H groups in total. The van der Waals surface area contributed by atoms with Gasteiger partial charge in [-0.3, -0.25) is 14.4 Å². The predicted octanol–water partition coefficient (Wildman–Crippen LogP) is -2.05. The number of nitrogens with one attached hydrogen (secondary N) is 3. The van der Waals surface area contributed by atoms with Crippen molar-refractivity contribution in [2.45, 2.75) is 30.6 Å². The van der Waals surface area contributed by atoms with Crippen LogP contribution >= 0.6 is 25.3 Å². The number of amides is 3. The first-order chi connectivity index (χ1) is 14.2. The molecule has 0 aliphatic rings. The van der Waals surface area contributed by atoms with Crippen molar-refractivity contribution in [3.63, 3.8) is 0 Å². The minimum Gasteiger partial charge on any atom is -0.480 e. The van der Waals surface area contributed by atoms with Crippen molar-refractivity contribution in [1.82, 2.24) is 16.0 Å². The summed E-state index contributed by atoms with van der Waals surface area (Å²) in [6, 6.07) is 3.99. The summed E-state index contributed by atoms with van der Waals surface area (Å²) < 4.78 is 0. The molecular formula is C18H26N4O6S2. The van der Waals surface area contributed by atoms with Gasteiger partial charge in [-0.2, -0.15) is 25.3 Å². The maximum Gasteiger partial charge on any atom is 0.327 e. The van der Waals surface area contributed by atoms with Gasteiger partial charge in [-0.15, -0.1) is 0 Å². The van der Waals surface area contributed by atoms with Gasteiger partial charge in [0.25, 0.3) is 0 Å². The maximum atomic E-state index is 12.6. The zero-order chi connectivity index (χ0) is 22.7. The molecule has 0 fully saturated rings. The van der Waals surface area contributed by atoms with Crippen molar-refractivity contribution in [1.29, 1.82) is 0 Å². The van der Waals surface area contributed by atoms with E-state index < -0.39 is 54.5 Å². The highest BCUT2D eigenvalue weighted by atomic mass is 32.1. The van der Waals surface area contributed by atoms with Gasteiger partial charge in [0.05, 0.1) is 12.6 Å². The first-order valence-corrected chi connectivity index (χ1v) is 10.3. The van der Waals surface area contributed by atoms with Crippen molar-refractivity contribution in [2.75, 3.05) is 18.1 Å². The van der Waals surface area contributed by atoms with Crippen molar-refractivity contribution < 1.29 is 29.4 Å². The van der Waals surface area contributed by atoms with E-state index in [4.69, 9.17) is 10.8 Å². The van der Waals surface area contributed by atoms with Gasteiger partial charge in [-0.05, 0) is 5.56 Å². The second kappa shape index (κ2) is 13.1. The lowest BCUT2D eigenvalue weighted by Gasteiger charge is -2.24. The molecule has 166 valence electrons. The highest BCUT2D eigenvalue weighted by Crippen LogP contribution is 2.05. The van der Waals surface area contributed by atoms with E-state index in [1.54, 1.807) is 30.3 Å². The average Bonchev–Trinajstić information content (AvgIpc) is 2.74. The van der Waals surface area contributed by atoms with E-state index in [2.05, 4.69) is 41.2 Å². The van der Waals surface area contributed by atoms with Crippen LogP contribution in [-0.4, -0.2) is 76.2 Å². The Labute approximate surface area is 184 Å². The lowest BCUT2D eigenvalue weighted by atomic mass is 10.0. The molecule has 0 aliphatic heterocycles. The third-order valence-electron chi connectivity index (χ3n) is 4.06. The minimum atomic E-state index is -1.35. The molecule has 0 radical (unpaired) electrons. The largest absolute Gasteiger partial charge is 0.480 e. The molecule has 0 heterocycles. The fourth-order valence-electron chi connectivity index (χ4n) is 2.34. The van der Waals surface area contributed by atoms with E-state index in [1.807, 2.05) is 0 Å². The number of hydrogen-bond donors (Lipinski definition) is 8. The second-order valence-corrected chi connectivity index (χ2v) is 7.10. The molecule has 12 heteroatoms. The summed E-state index contributed by atoms with van der Waals surface area (Å²) >= 11 is 7.80. The van der Waals surface area contributed by atoms with Crippen LogP contribution in [0.3, 0.4) is 0 Å². The number of aliphatic hydroxyl groups is 1. The number of carboxylic acids is 1. The third-order valence-corrected chi connectivity index (χ3v) is 4.82. The fraction of sp³-hybridized carbons (Fsp3) is 0.444. The number of thiol groups is 2. The van der Waals surface area contributed by atoms with Crippen molar-refractivity contribution >= 4 is 48.9 Å². The monoisotopic (exact) mass is 458 g/mol. The van der Waals surface area contributed by atoms with Crippen LogP contribution in [0.25, 0.3) is 0 Å². The molecule has 3 amide bonds. The van der Waals surface area contributed by atoms with Gasteiger partial charge in [-0.1, -0.05) is 30.3 Å². The molecule has 0 aromatic heterocycles. The maximum absolute atomic E-state index is 12.6. The topological polar surface area (TPSA) is 171 Å². The number of carbonyl (C=O) groups excluding carboxylic acids is 3. The molecular weight excluding hydrogens is 432 g/mol. The summed E-state index contributed by atoms with van der Waals surface area (Å²) in [6.45, 7) is -0.731. The standard InChI is InChI=1S/C18H26N4O6S2/c19-11(8-29)15(24)21-13(7-23)17(26)20-12(6-10-4-2-1-3-5-10)16(25)22-14(9-30)18(27)28/h1-5,11-14,23,29-30H,6-9,19H2,(H,20,26)(H,21,24)(H,22,25)(H,27,28). The third kappa shape index (κ3) is 8.22. The normalized spacial score (nSPS) is 14.7. The number of nitrogens with two attached hydrogens (primary N) is 1. The first-order valence-electron chi connectivity index (χ1n) is 8.99. The Morgan fingerprint density at radius 2 is 1.40 bits per heavy atom. The Morgan fingerprint density at radius 3 is 1.90 bits per heavy atom. The van der Waals surface area contributed by atoms with Crippen LogP contribution in [0.5, 0.6) is 0 Å². The molecule has 1 aromatic carbocycles. The summed E-state index contributed by atoms with van der Waals surface area (Å²) in [5.74, 6) is -3.65. The SMILES string of the molecule is NC(CS)C(=O)NC(CO)C(=O)NC(Cc1ccccc1)C(=O)NC(CS)C(=O)O. The van der Waals surface area contributed by atoms with Crippen LogP contribution in [0.4, 0.5) is 0 Å². The minimum absolute atomic E-state index is 0.0327. The number of carbonyl (C=O) groups is 4. The van der Waals surface area contributed by atoms with Crippen molar-refractivity contribution in [3.8, 4) is 0 Å². The lowest BCUT2D eigenvalue weighted by molar-refractivity contribution is -0.141. The zero-order valence-electron chi connectivity index (χ0n) is 16.0. The van der Waals surface area contributed by atoms with Crippen molar-refractivity contribution in [3.05, 3.63) is 35.9 Å². The van der Waals surface area contributed by atoms with Crippen LogP contribution in [0, 0.1) is 0 Å². The molecule has 0 saturated carbocycles. The summed E-state index contributed by atoms with van der Waals surface area (Å²) in [7, 11) is 0. The smallest absolute Gasteiger partial charge is 0.327 e. The molecule has 1 rings (SSSR count). The quantitative estimate of drug-likeness (QED) is 0.167. The second-order valence-electron chi connectivity index (χ2n) is 6.37. The van der Waals surface area contributed by atoms with Crippen LogP contribution in [0.1, 0.15) is 5.56 Å². The van der Waals surface area contributed by atoms with Gasteiger partial charge in [0.15, 0.2) is 0 Å². The van der Waals surface area contributed by atoms with E-state index in [1.165, 1.54) is 0 Å². The summed E-state index contributed by atoms with van der Waals surface area (Å²) in [5.41, 5.74) is 6.25. The number of benzene rings is 1. The number of aliphatic hydroxyl groups excluding tert-OH is 1. The van der Waals surface area contributed by atoms with Crippen LogP contribution in [0.2, 0.25) is 0 Å². The number of aliphatic carboxylic acids is 1. The molecule has 0 spiro atoms. The van der Waals surface area contributed by atoms with E-state index in [0.29, 0.717) is 5.56 Å². The van der Waals surface area contributed by atoms with Gasteiger partial charge in [0.2, 0.25) is 17.7 Å². The van der Waals surface area contributed by atoms with Gasteiger partial charge in [-0.25, -0.2) is 4.79 Å². The Balaban J connectivity index is 2.97. The molecule has 0 saturated heterocycles. The molecule has 0 aliphatic carbocycles. The Bertz CT molecular complexity index is 737. The average molecular weight is 459 g/mol. The molecule has 0 bridgehead atoms. The first kappa shape index (κ1) is 25.8. The van der Waals surface area contributed by atoms with Crippen LogP contribution < -0.4 is 21.7 Å². The Kier molecular flexibility index (Phi) is 11.3. The Hall–Kier alpha value is -2.28. The van der Waals surface area contributed by atoms with E-state index in [9.17, 15) is 24.3 Å². The van der Waals surface area contributed by atoms with E-state index in [0.717, 1.165) is 0 Å². The van der Waals surface area contributed by atoms with Crippen LogP contribution in [0.15, 0.2) is 30.3 Å². The van der Waals surface area contributed by atoms with Gasteiger partial charge < -0.3 is 31.9 Å². The fourth-order valence-corrected chi connectivity index (χ4v) is 2.76. The van der Waals surface area contributed by atoms with Gasteiger partial charge in [0, 0.05) is 17.9 Å². The highest BCUT2D eigenvalue weighted by Gasteiger charge is 2.29. The Morgan fingerprint density at radius 1 is 0.867 bits per heavy atom. The molecule has 4 unspecified atom stereocenters. The van der Waals surface area contributed by atoms with Crippen molar-refractivity contribution in [2.24, 2.45) is 5.73 Å². The van der Waals surface area contributed by atoms with Crippen LogP contribution in [-0.2, 0) is 25.6 Å². The summed E-state index contributed by atoms with van der Waals surface area (Å²) in [4.78, 5) is 48.3. The van der Waals surface area contributed by atoms with E-state index >= 15 is 0 Å². The highest BCUT2D eigenvalue weighted by molar-refractivity contribution is 7.80. The summed E-state index contributed by atoms with van der Waals surface area (Å²) in [6.07, 6.45) is 0.0551. The molecule has 1 aromatic rings. The number of rotatable bonds is 12. The predicted molar refractivity (Wildman–Crippen MR) is 116 cm³/mol. The number of hydrogen-bond acceptors (Lipinski definition) is 8. The van der Waals surface area contributed by atoms with Gasteiger partial charge >= 0.3 is 5.97 Å². The number of carboxylic acid groups (broad SMARTS) is 1. The summed E-state index contributed by atoms with van der Waals surface area (Å²) in [5, 5.41) is 25.6. The molecule has 30 heavy (non-hydrogen) atoms.